The van der Waals surface area contributed by atoms with Crippen molar-refractivity contribution in [3.8, 4) is 0 Å². The van der Waals surface area contributed by atoms with Crippen LogP contribution in [-0.4, -0.2) is 15.6 Å². The Morgan fingerprint density at radius 1 is 1.19 bits per heavy atom. The summed E-state index contributed by atoms with van der Waals surface area (Å²) in [5.74, 6) is 1.97. The van der Waals surface area contributed by atoms with Crippen molar-refractivity contribution >= 4 is 5.95 Å². The molecule has 0 saturated heterocycles. The van der Waals surface area contributed by atoms with E-state index in [1.54, 1.807) is 0 Å². The molecule has 0 radical (unpaired) electrons. The summed E-state index contributed by atoms with van der Waals surface area (Å²) in [4.78, 5) is 4.41. The molecule has 2 saturated carbocycles. The van der Waals surface area contributed by atoms with Crippen molar-refractivity contribution in [1.82, 2.24) is 9.55 Å². The van der Waals surface area contributed by atoms with Crippen molar-refractivity contribution in [2.24, 2.45) is 5.92 Å². The molecule has 0 spiro atoms. The van der Waals surface area contributed by atoms with Gasteiger partial charge in [-0.15, -0.1) is 0 Å². The second-order valence-corrected chi connectivity index (χ2v) is 5.33. The lowest BCUT2D eigenvalue weighted by Crippen LogP contribution is -2.16. The third-order valence-corrected chi connectivity index (χ3v) is 3.81. The minimum Gasteiger partial charge on any atom is -0.353 e. The van der Waals surface area contributed by atoms with Crippen LogP contribution >= 0.6 is 0 Å². The Bertz CT molecular complexity index is 335. The molecular weight excluding hydrogens is 198 g/mol. The van der Waals surface area contributed by atoms with E-state index in [9.17, 15) is 0 Å². The first-order chi connectivity index (χ1) is 7.92. The molecule has 88 valence electrons. The molecule has 2 aliphatic rings. The zero-order valence-corrected chi connectivity index (χ0v) is 9.86. The highest BCUT2D eigenvalue weighted by Gasteiger charge is 2.23. The largest absolute Gasteiger partial charge is 0.353 e. The lowest BCUT2D eigenvalue weighted by Gasteiger charge is -2.22. The van der Waals surface area contributed by atoms with Gasteiger partial charge in [-0.25, -0.2) is 4.98 Å². The molecule has 0 aliphatic heterocycles. The molecule has 16 heavy (non-hydrogen) atoms. The molecule has 0 amide bonds. The smallest absolute Gasteiger partial charge is 0.202 e. The minimum absolute atomic E-state index is 0.701. The molecular formula is C13H21N3. The highest BCUT2D eigenvalue weighted by molar-refractivity contribution is 5.29. The van der Waals surface area contributed by atoms with E-state index >= 15 is 0 Å². The third kappa shape index (κ3) is 2.39. The summed E-state index contributed by atoms with van der Waals surface area (Å²) in [6.07, 6.45) is 13.8. The molecule has 2 aliphatic carbocycles. The Labute approximate surface area is 97.3 Å². The zero-order valence-electron chi connectivity index (χ0n) is 9.86. The average molecular weight is 219 g/mol. The predicted molar refractivity (Wildman–Crippen MR) is 65.4 cm³/mol. The minimum atomic E-state index is 0.701. The van der Waals surface area contributed by atoms with Crippen LogP contribution in [0.1, 0.15) is 44.9 Å². The SMILES string of the molecule is c1cn(CC2CCCCC2)c(NC2CC2)n1. The molecule has 3 rings (SSSR count). The van der Waals surface area contributed by atoms with Crippen LogP contribution in [0.25, 0.3) is 0 Å². The fraction of sp³-hybridized carbons (Fsp3) is 0.769. The van der Waals surface area contributed by atoms with Crippen LogP contribution in [0.3, 0.4) is 0 Å². The molecule has 1 aromatic rings. The van der Waals surface area contributed by atoms with Gasteiger partial charge in [-0.05, 0) is 31.6 Å². The van der Waals surface area contributed by atoms with Crippen molar-refractivity contribution in [3.63, 3.8) is 0 Å². The van der Waals surface area contributed by atoms with Gasteiger partial charge in [0, 0.05) is 25.0 Å². The van der Waals surface area contributed by atoms with Crippen LogP contribution in [-0.2, 0) is 6.54 Å². The van der Waals surface area contributed by atoms with Gasteiger partial charge in [0.15, 0.2) is 0 Å². The van der Waals surface area contributed by atoms with Crippen LogP contribution < -0.4 is 5.32 Å². The fourth-order valence-corrected chi connectivity index (χ4v) is 2.65. The van der Waals surface area contributed by atoms with E-state index in [1.807, 2.05) is 6.20 Å². The van der Waals surface area contributed by atoms with Gasteiger partial charge in [0.25, 0.3) is 0 Å². The van der Waals surface area contributed by atoms with Gasteiger partial charge in [-0.3, -0.25) is 0 Å². The Hall–Kier alpha value is -0.990. The van der Waals surface area contributed by atoms with Crippen molar-refractivity contribution in [3.05, 3.63) is 12.4 Å². The first-order valence-electron chi connectivity index (χ1n) is 6.69. The maximum atomic E-state index is 4.41. The molecule has 0 atom stereocenters. The Morgan fingerprint density at radius 3 is 2.75 bits per heavy atom. The van der Waals surface area contributed by atoms with E-state index < -0.39 is 0 Å². The van der Waals surface area contributed by atoms with Crippen molar-refractivity contribution in [2.75, 3.05) is 5.32 Å². The number of hydrogen-bond donors (Lipinski definition) is 1. The van der Waals surface area contributed by atoms with Gasteiger partial charge in [-0.1, -0.05) is 19.3 Å². The number of aromatic nitrogens is 2. The van der Waals surface area contributed by atoms with Gasteiger partial charge >= 0.3 is 0 Å². The van der Waals surface area contributed by atoms with E-state index in [-0.39, 0.29) is 0 Å². The second-order valence-electron chi connectivity index (χ2n) is 5.33. The van der Waals surface area contributed by atoms with Crippen LogP contribution in [0.4, 0.5) is 5.95 Å². The summed E-state index contributed by atoms with van der Waals surface area (Å²) >= 11 is 0. The molecule has 0 unspecified atom stereocenters. The van der Waals surface area contributed by atoms with E-state index in [2.05, 4.69) is 21.1 Å². The molecule has 1 N–H and O–H groups in total. The number of nitrogens with one attached hydrogen (secondary N) is 1. The predicted octanol–water partition coefficient (Wildman–Crippen LogP) is 3.04. The molecule has 0 bridgehead atoms. The molecule has 3 heteroatoms. The second kappa shape index (κ2) is 4.48. The number of hydrogen-bond acceptors (Lipinski definition) is 2. The first-order valence-corrected chi connectivity index (χ1v) is 6.69. The van der Waals surface area contributed by atoms with Gasteiger partial charge in [0.2, 0.25) is 5.95 Å². The standard InChI is InChI=1S/C13H21N3/c1-2-4-11(5-3-1)10-16-9-8-14-13(16)15-12-6-7-12/h8-9,11-12H,1-7,10H2,(H,14,15). The molecule has 3 nitrogen and oxygen atoms in total. The van der Waals surface area contributed by atoms with Crippen LogP contribution in [0.5, 0.6) is 0 Å². The van der Waals surface area contributed by atoms with Crippen molar-refractivity contribution in [1.29, 1.82) is 0 Å². The summed E-state index contributed by atoms with van der Waals surface area (Å²) < 4.78 is 2.31. The van der Waals surface area contributed by atoms with Gasteiger partial charge in [-0.2, -0.15) is 0 Å². The molecule has 0 aromatic carbocycles. The molecule has 2 fully saturated rings. The van der Waals surface area contributed by atoms with Gasteiger partial charge in [0.1, 0.15) is 0 Å². The van der Waals surface area contributed by atoms with E-state index in [4.69, 9.17) is 0 Å². The number of anilines is 1. The van der Waals surface area contributed by atoms with E-state index in [0.29, 0.717) is 6.04 Å². The average Bonchev–Trinajstić information content (AvgIpc) is 3.02. The number of rotatable bonds is 4. The first kappa shape index (κ1) is 10.2. The third-order valence-electron chi connectivity index (χ3n) is 3.81. The van der Waals surface area contributed by atoms with Crippen LogP contribution in [0, 0.1) is 5.92 Å². The van der Waals surface area contributed by atoms with E-state index in [1.165, 1.54) is 44.9 Å². The summed E-state index contributed by atoms with van der Waals surface area (Å²) in [5.41, 5.74) is 0. The number of imidazole rings is 1. The number of nitrogens with zero attached hydrogens (tertiary/aromatic N) is 2. The van der Waals surface area contributed by atoms with E-state index in [0.717, 1.165) is 18.4 Å². The highest BCUT2D eigenvalue weighted by Crippen LogP contribution is 2.27. The maximum Gasteiger partial charge on any atom is 0.202 e. The van der Waals surface area contributed by atoms with Crippen LogP contribution in [0.15, 0.2) is 12.4 Å². The highest BCUT2D eigenvalue weighted by atomic mass is 15.2. The molecule has 1 heterocycles. The van der Waals surface area contributed by atoms with Gasteiger partial charge in [0.05, 0.1) is 0 Å². The Balaban J connectivity index is 1.61. The monoisotopic (exact) mass is 219 g/mol. The Morgan fingerprint density at radius 2 is 2.00 bits per heavy atom. The van der Waals surface area contributed by atoms with Crippen molar-refractivity contribution in [2.45, 2.75) is 57.5 Å². The summed E-state index contributed by atoms with van der Waals surface area (Å²) in [7, 11) is 0. The summed E-state index contributed by atoms with van der Waals surface area (Å²) in [5, 5.41) is 3.51. The normalized spacial score (nSPS) is 22.2. The fourth-order valence-electron chi connectivity index (χ4n) is 2.65. The van der Waals surface area contributed by atoms with Gasteiger partial charge < -0.3 is 9.88 Å². The quantitative estimate of drug-likeness (QED) is 0.843. The summed E-state index contributed by atoms with van der Waals surface area (Å²) in [6, 6.07) is 0.701. The molecule has 1 aromatic heterocycles. The Kier molecular flexibility index (Phi) is 2.85. The maximum absolute atomic E-state index is 4.41. The van der Waals surface area contributed by atoms with Crippen LogP contribution in [0.2, 0.25) is 0 Å². The lowest BCUT2D eigenvalue weighted by atomic mass is 9.89. The topological polar surface area (TPSA) is 29.9 Å². The zero-order chi connectivity index (χ0) is 10.8. The lowest BCUT2D eigenvalue weighted by molar-refractivity contribution is 0.320. The summed E-state index contributed by atoms with van der Waals surface area (Å²) in [6.45, 7) is 1.16. The van der Waals surface area contributed by atoms with Crippen molar-refractivity contribution < 1.29 is 0 Å².